The Balaban J connectivity index is 2.07. The van der Waals surface area contributed by atoms with E-state index >= 15 is 0 Å². The van der Waals surface area contributed by atoms with Crippen molar-refractivity contribution in [1.29, 1.82) is 0 Å². The number of hydrogen-bond acceptors (Lipinski definition) is 2. The van der Waals surface area contributed by atoms with Crippen LogP contribution in [0, 0.1) is 5.92 Å². The molecule has 0 aliphatic heterocycles. The molecule has 1 aliphatic rings. The Kier molecular flexibility index (Phi) is 2.36. The molecule has 13 heavy (non-hydrogen) atoms. The molecule has 72 valence electrons. The predicted molar refractivity (Wildman–Crippen MR) is 50.5 cm³/mol. The molecule has 2 rings (SSSR count). The molecule has 1 aliphatic carbocycles. The summed E-state index contributed by atoms with van der Waals surface area (Å²) in [6.07, 6.45) is 4.11. The van der Waals surface area contributed by atoms with Crippen LogP contribution in [0.15, 0.2) is 12.3 Å². The minimum Gasteiger partial charge on any atom is -0.396 e. The van der Waals surface area contributed by atoms with Gasteiger partial charge in [0.2, 0.25) is 0 Å². The van der Waals surface area contributed by atoms with Crippen LogP contribution in [0.2, 0.25) is 0 Å². The third kappa shape index (κ3) is 1.61. The number of hydrogen-bond donors (Lipinski definition) is 1. The van der Waals surface area contributed by atoms with E-state index in [-0.39, 0.29) is 0 Å². The summed E-state index contributed by atoms with van der Waals surface area (Å²) in [5.74, 6) is 1.06. The maximum Gasteiger partial charge on any atom is 0.0492 e. The van der Waals surface area contributed by atoms with Gasteiger partial charge in [0.1, 0.15) is 0 Å². The quantitative estimate of drug-likeness (QED) is 0.760. The van der Waals surface area contributed by atoms with Gasteiger partial charge in [-0.05, 0) is 24.8 Å². The first-order valence-electron chi connectivity index (χ1n) is 4.99. The summed E-state index contributed by atoms with van der Waals surface area (Å²) in [6, 6.07) is 2.08. The largest absolute Gasteiger partial charge is 0.396 e. The van der Waals surface area contributed by atoms with E-state index in [1.165, 1.54) is 5.69 Å². The van der Waals surface area contributed by atoms with Crippen molar-refractivity contribution in [1.82, 2.24) is 9.78 Å². The molecule has 0 spiro atoms. The highest BCUT2D eigenvalue weighted by molar-refractivity contribution is 5.17. The molecule has 0 radical (unpaired) electrons. The van der Waals surface area contributed by atoms with Crippen molar-refractivity contribution in [2.24, 2.45) is 5.92 Å². The van der Waals surface area contributed by atoms with Crippen molar-refractivity contribution in [3.8, 4) is 0 Å². The van der Waals surface area contributed by atoms with Crippen LogP contribution in [0.4, 0.5) is 0 Å². The van der Waals surface area contributed by atoms with E-state index in [0.29, 0.717) is 18.4 Å². The summed E-state index contributed by atoms with van der Waals surface area (Å²) in [6.45, 7) is 3.47. The molecule has 0 aromatic carbocycles. The van der Waals surface area contributed by atoms with Crippen LogP contribution in [0.1, 0.15) is 31.4 Å². The van der Waals surface area contributed by atoms with Crippen molar-refractivity contribution >= 4 is 0 Å². The van der Waals surface area contributed by atoms with E-state index in [1.807, 2.05) is 6.20 Å². The van der Waals surface area contributed by atoms with Crippen LogP contribution >= 0.6 is 0 Å². The average Bonchev–Trinajstić information content (AvgIpc) is 2.79. The highest BCUT2D eigenvalue weighted by Gasteiger charge is 2.39. The fourth-order valence-electron chi connectivity index (χ4n) is 1.87. The first-order chi connectivity index (χ1) is 6.36. The van der Waals surface area contributed by atoms with Crippen LogP contribution < -0.4 is 0 Å². The topological polar surface area (TPSA) is 38.0 Å². The van der Waals surface area contributed by atoms with E-state index in [1.54, 1.807) is 0 Å². The number of nitrogens with zero attached hydrogens (tertiary/aromatic N) is 2. The van der Waals surface area contributed by atoms with Crippen LogP contribution in [0.5, 0.6) is 0 Å². The SMILES string of the molecule is CCCn1nccc1C1CC1CO. The van der Waals surface area contributed by atoms with Gasteiger partial charge in [0.15, 0.2) is 0 Å². The molecule has 2 unspecified atom stereocenters. The van der Waals surface area contributed by atoms with E-state index in [0.717, 1.165) is 19.4 Å². The Hall–Kier alpha value is -0.830. The van der Waals surface area contributed by atoms with E-state index < -0.39 is 0 Å². The molecule has 1 aromatic rings. The fraction of sp³-hybridized carbons (Fsp3) is 0.700. The van der Waals surface area contributed by atoms with Gasteiger partial charge in [-0.1, -0.05) is 6.92 Å². The lowest BCUT2D eigenvalue weighted by Crippen LogP contribution is -2.04. The zero-order valence-electron chi connectivity index (χ0n) is 7.98. The van der Waals surface area contributed by atoms with Gasteiger partial charge in [-0.25, -0.2) is 0 Å². The summed E-state index contributed by atoms with van der Waals surface area (Å²) in [7, 11) is 0. The lowest BCUT2D eigenvalue weighted by Gasteiger charge is -2.04. The molecule has 1 saturated carbocycles. The Labute approximate surface area is 78.4 Å². The van der Waals surface area contributed by atoms with Crippen molar-refractivity contribution in [3.05, 3.63) is 18.0 Å². The minimum absolute atomic E-state index is 0.321. The molecule has 1 heterocycles. The van der Waals surface area contributed by atoms with Gasteiger partial charge in [-0.3, -0.25) is 4.68 Å². The number of aromatic nitrogens is 2. The normalized spacial score (nSPS) is 26.3. The van der Waals surface area contributed by atoms with Crippen LogP contribution in [0.25, 0.3) is 0 Å². The number of aliphatic hydroxyl groups excluding tert-OH is 1. The molecule has 2 atom stereocenters. The summed E-state index contributed by atoms with van der Waals surface area (Å²) in [4.78, 5) is 0. The minimum atomic E-state index is 0.321. The summed E-state index contributed by atoms with van der Waals surface area (Å²) >= 11 is 0. The molecular weight excluding hydrogens is 164 g/mol. The highest BCUT2D eigenvalue weighted by atomic mass is 16.3. The second-order valence-electron chi connectivity index (χ2n) is 3.76. The van der Waals surface area contributed by atoms with Crippen LogP contribution in [-0.4, -0.2) is 21.5 Å². The number of aliphatic hydroxyl groups is 1. The summed E-state index contributed by atoms with van der Waals surface area (Å²) < 4.78 is 2.07. The molecule has 0 saturated heterocycles. The van der Waals surface area contributed by atoms with E-state index in [2.05, 4.69) is 22.8 Å². The molecule has 1 aromatic heterocycles. The fourth-order valence-corrected chi connectivity index (χ4v) is 1.87. The van der Waals surface area contributed by atoms with Crippen molar-refractivity contribution in [3.63, 3.8) is 0 Å². The molecule has 3 heteroatoms. The van der Waals surface area contributed by atoms with Gasteiger partial charge in [0.05, 0.1) is 0 Å². The molecule has 1 fully saturated rings. The van der Waals surface area contributed by atoms with Gasteiger partial charge in [0, 0.05) is 31.0 Å². The first kappa shape index (κ1) is 8.75. The summed E-state index contributed by atoms with van der Waals surface area (Å²) in [5, 5.41) is 13.2. The number of rotatable bonds is 4. The van der Waals surface area contributed by atoms with Crippen molar-refractivity contribution < 1.29 is 5.11 Å². The van der Waals surface area contributed by atoms with E-state index in [9.17, 15) is 0 Å². The second kappa shape index (κ2) is 3.50. The standard InChI is InChI=1S/C10H16N2O/c1-2-5-12-10(3-4-11-12)9-6-8(9)7-13/h3-4,8-9,13H,2,5-7H2,1H3. The highest BCUT2D eigenvalue weighted by Crippen LogP contribution is 2.46. The third-order valence-electron chi connectivity index (χ3n) is 2.72. The Bertz CT molecular complexity index is 282. The molecule has 3 nitrogen and oxygen atoms in total. The van der Waals surface area contributed by atoms with Crippen molar-refractivity contribution in [2.45, 2.75) is 32.2 Å². The Morgan fingerprint density at radius 2 is 2.54 bits per heavy atom. The zero-order valence-corrected chi connectivity index (χ0v) is 7.98. The van der Waals surface area contributed by atoms with Crippen molar-refractivity contribution in [2.75, 3.05) is 6.61 Å². The van der Waals surface area contributed by atoms with Crippen LogP contribution in [-0.2, 0) is 6.54 Å². The van der Waals surface area contributed by atoms with E-state index in [4.69, 9.17) is 5.11 Å². The zero-order chi connectivity index (χ0) is 9.26. The summed E-state index contributed by atoms with van der Waals surface area (Å²) in [5.41, 5.74) is 1.31. The predicted octanol–water partition coefficient (Wildman–Crippen LogP) is 1.39. The molecular formula is C10H16N2O. The van der Waals surface area contributed by atoms with Crippen LogP contribution in [0.3, 0.4) is 0 Å². The third-order valence-corrected chi connectivity index (χ3v) is 2.72. The maximum absolute atomic E-state index is 8.97. The Morgan fingerprint density at radius 3 is 3.15 bits per heavy atom. The second-order valence-corrected chi connectivity index (χ2v) is 3.76. The Morgan fingerprint density at radius 1 is 1.69 bits per heavy atom. The van der Waals surface area contributed by atoms with Gasteiger partial charge in [-0.2, -0.15) is 5.10 Å². The number of aryl methyl sites for hydroxylation is 1. The molecule has 0 bridgehead atoms. The van der Waals surface area contributed by atoms with Gasteiger partial charge >= 0.3 is 0 Å². The smallest absolute Gasteiger partial charge is 0.0492 e. The maximum atomic E-state index is 8.97. The first-order valence-corrected chi connectivity index (χ1v) is 4.99. The average molecular weight is 180 g/mol. The lowest BCUT2D eigenvalue weighted by atomic mass is 10.2. The molecule has 1 N–H and O–H groups in total. The van der Waals surface area contributed by atoms with Gasteiger partial charge < -0.3 is 5.11 Å². The van der Waals surface area contributed by atoms with Gasteiger partial charge in [-0.15, -0.1) is 0 Å². The van der Waals surface area contributed by atoms with Gasteiger partial charge in [0.25, 0.3) is 0 Å². The molecule has 0 amide bonds. The lowest BCUT2D eigenvalue weighted by molar-refractivity contribution is 0.273. The monoisotopic (exact) mass is 180 g/mol.